The molecule has 0 aromatic rings. The number of ether oxygens (including phenoxy) is 1. The molecule has 0 saturated carbocycles. The van der Waals surface area contributed by atoms with E-state index in [4.69, 9.17) is 10.00 Å². The predicted molar refractivity (Wildman–Crippen MR) is 53.4 cm³/mol. The van der Waals surface area contributed by atoms with Gasteiger partial charge in [0, 0.05) is 24.4 Å². The number of hydrogen-bond donors (Lipinski definition) is 0. The molecule has 1 fully saturated rings. The summed E-state index contributed by atoms with van der Waals surface area (Å²) in [5.74, 6) is 0. The Labute approximate surface area is 84.3 Å². The summed E-state index contributed by atoms with van der Waals surface area (Å²) in [7, 11) is 0. The normalized spacial score (nSPS) is 22.4. The van der Waals surface area contributed by atoms with Gasteiger partial charge in [-0.15, -0.1) is 0 Å². The first-order valence-electron chi connectivity index (χ1n) is 5.02. The molecule has 1 saturated heterocycles. The average Bonchev–Trinajstić information content (AvgIpc) is 2.30. The molecule has 0 atom stereocenters. The van der Waals surface area contributed by atoms with E-state index in [1.807, 2.05) is 6.08 Å². The maximum Gasteiger partial charge on any atom is 0.0947 e. The lowest BCUT2D eigenvalue weighted by Gasteiger charge is -2.32. The van der Waals surface area contributed by atoms with Crippen LogP contribution in [0.5, 0.6) is 0 Å². The van der Waals surface area contributed by atoms with Gasteiger partial charge in [-0.1, -0.05) is 0 Å². The Bertz CT molecular complexity index is 306. The smallest absolute Gasteiger partial charge is 0.0947 e. The van der Waals surface area contributed by atoms with Crippen LogP contribution in [-0.4, -0.2) is 31.2 Å². The zero-order valence-corrected chi connectivity index (χ0v) is 8.20. The van der Waals surface area contributed by atoms with E-state index in [9.17, 15) is 0 Å². The highest BCUT2D eigenvalue weighted by atomic mass is 16.5. The van der Waals surface area contributed by atoms with Crippen LogP contribution in [-0.2, 0) is 4.74 Å². The predicted octanol–water partition coefficient (Wildman–Crippen LogP) is 1.45. The third-order valence-electron chi connectivity index (χ3n) is 2.69. The number of nitriles is 1. The molecule has 1 aliphatic carbocycles. The second kappa shape index (κ2) is 4.30. The molecular weight excluding hydrogens is 176 g/mol. The van der Waals surface area contributed by atoms with Crippen molar-refractivity contribution in [3.8, 4) is 6.07 Å². The molecule has 3 heteroatoms. The van der Waals surface area contributed by atoms with Gasteiger partial charge in [0.15, 0.2) is 0 Å². The first kappa shape index (κ1) is 9.29. The number of allylic oxidation sites excluding steroid dienone is 4. The summed E-state index contributed by atoms with van der Waals surface area (Å²) in [6, 6.07) is 2.20. The Kier molecular flexibility index (Phi) is 2.85. The van der Waals surface area contributed by atoms with E-state index in [1.54, 1.807) is 0 Å². The minimum Gasteiger partial charge on any atom is -0.378 e. The van der Waals surface area contributed by atoms with Crippen LogP contribution in [0.2, 0.25) is 0 Å². The molecule has 74 valence electrons. The van der Waals surface area contributed by atoms with Gasteiger partial charge >= 0.3 is 0 Å². The molecule has 0 aromatic carbocycles. The van der Waals surface area contributed by atoms with Gasteiger partial charge in [-0.25, -0.2) is 0 Å². The molecule has 0 spiro atoms. The molecule has 2 rings (SSSR count). The highest BCUT2D eigenvalue weighted by Crippen LogP contribution is 2.21. The minimum absolute atomic E-state index is 0.826. The summed E-state index contributed by atoms with van der Waals surface area (Å²) in [5.41, 5.74) is 2.24. The summed E-state index contributed by atoms with van der Waals surface area (Å²) in [5, 5.41) is 8.71. The van der Waals surface area contributed by atoms with Crippen molar-refractivity contribution in [2.75, 3.05) is 26.3 Å². The summed E-state index contributed by atoms with van der Waals surface area (Å²) in [6.45, 7) is 3.63. The standard InChI is InChI=1S/C11H14N2O/c12-9-10-1-3-11(4-2-10)13-5-7-14-8-6-13/h1,3H,2,4-8H2. The molecule has 0 amide bonds. The second-order valence-corrected chi connectivity index (χ2v) is 3.56. The topological polar surface area (TPSA) is 36.3 Å². The number of morpholine rings is 1. The summed E-state index contributed by atoms with van der Waals surface area (Å²) in [6.07, 6.45) is 5.90. The summed E-state index contributed by atoms with van der Waals surface area (Å²) in [4.78, 5) is 2.36. The third kappa shape index (κ3) is 1.97. The van der Waals surface area contributed by atoms with E-state index >= 15 is 0 Å². The monoisotopic (exact) mass is 190 g/mol. The lowest BCUT2D eigenvalue weighted by atomic mass is 10.0. The van der Waals surface area contributed by atoms with Gasteiger partial charge in [0.2, 0.25) is 0 Å². The van der Waals surface area contributed by atoms with Gasteiger partial charge in [-0.3, -0.25) is 0 Å². The molecule has 3 nitrogen and oxygen atoms in total. The van der Waals surface area contributed by atoms with E-state index in [0.29, 0.717) is 0 Å². The van der Waals surface area contributed by atoms with Crippen LogP contribution in [0.15, 0.2) is 23.4 Å². The quantitative estimate of drug-likeness (QED) is 0.628. The summed E-state index contributed by atoms with van der Waals surface area (Å²) >= 11 is 0. The Balaban J connectivity index is 2.02. The fraction of sp³-hybridized carbons (Fsp3) is 0.545. The maximum absolute atomic E-state index is 8.71. The molecular formula is C11H14N2O. The van der Waals surface area contributed by atoms with Crippen LogP contribution in [0.25, 0.3) is 0 Å². The average molecular weight is 190 g/mol. The van der Waals surface area contributed by atoms with Crippen LogP contribution in [0.1, 0.15) is 12.8 Å². The second-order valence-electron chi connectivity index (χ2n) is 3.56. The van der Waals surface area contributed by atoms with Crippen molar-refractivity contribution in [3.05, 3.63) is 23.4 Å². The molecule has 2 aliphatic rings. The highest BCUT2D eigenvalue weighted by molar-refractivity contribution is 5.32. The lowest BCUT2D eigenvalue weighted by molar-refractivity contribution is 0.0520. The minimum atomic E-state index is 0.826. The zero-order chi connectivity index (χ0) is 9.80. The van der Waals surface area contributed by atoms with Crippen LogP contribution in [0, 0.1) is 11.3 Å². The number of rotatable bonds is 1. The van der Waals surface area contributed by atoms with Crippen LogP contribution >= 0.6 is 0 Å². The first-order valence-corrected chi connectivity index (χ1v) is 5.02. The number of nitrogens with zero attached hydrogens (tertiary/aromatic N) is 2. The van der Waals surface area contributed by atoms with Gasteiger partial charge in [0.25, 0.3) is 0 Å². The van der Waals surface area contributed by atoms with Crippen molar-refractivity contribution in [1.82, 2.24) is 4.90 Å². The van der Waals surface area contributed by atoms with Crippen LogP contribution < -0.4 is 0 Å². The molecule has 0 aromatic heterocycles. The Morgan fingerprint density at radius 1 is 1.21 bits per heavy atom. The van der Waals surface area contributed by atoms with Crippen LogP contribution in [0.3, 0.4) is 0 Å². The van der Waals surface area contributed by atoms with Gasteiger partial charge in [0.1, 0.15) is 0 Å². The molecule has 0 unspecified atom stereocenters. The van der Waals surface area contributed by atoms with E-state index < -0.39 is 0 Å². The molecule has 14 heavy (non-hydrogen) atoms. The molecule has 1 aliphatic heterocycles. The maximum atomic E-state index is 8.71. The lowest BCUT2D eigenvalue weighted by Crippen LogP contribution is -2.35. The van der Waals surface area contributed by atoms with Gasteiger partial charge in [-0.05, 0) is 25.0 Å². The number of hydrogen-bond acceptors (Lipinski definition) is 3. The van der Waals surface area contributed by atoms with E-state index in [1.165, 1.54) is 5.70 Å². The van der Waals surface area contributed by atoms with Crippen molar-refractivity contribution in [2.24, 2.45) is 0 Å². The SMILES string of the molecule is N#CC1=CC=C(N2CCOCC2)CC1. The Hall–Kier alpha value is -1.27. The Morgan fingerprint density at radius 2 is 2.00 bits per heavy atom. The Morgan fingerprint density at radius 3 is 2.57 bits per heavy atom. The first-order chi connectivity index (χ1) is 6.90. The van der Waals surface area contributed by atoms with Gasteiger partial charge in [0.05, 0.1) is 19.3 Å². The van der Waals surface area contributed by atoms with E-state index in [-0.39, 0.29) is 0 Å². The summed E-state index contributed by atoms with van der Waals surface area (Å²) < 4.78 is 5.30. The van der Waals surface area contributed by atoms with Gasteiger partial charge in [-0.2, -0.15) is 5.26 Å². The van der Waals surface area contributed by atoms with Crippen molar-refractivity contribution in [3.63, 3.8) is 0 Å². The fourth-order valence-electron chi connectivity index (χ4n) is 1.83. The van der Waals surface area contributed by atoms with Crippen molar-refractivity contribution >= 4 is 0 Å². The molecule has 0 bridgehead atoms. The van der Waals surface area contributed by atoms with E-state index in [0.717, 1.165) is 44.7 Å². The fourth-order valence-corrected chi connectivity index (χ4v) is 1.83. The third-order valence-corrected chi connectivity index (χ3v) is 2.69. The van der Waals surface area contributed by atoms with Crippen molar-refractivity contribution in [1.29, 1.82) is 5.26 Å². The van der Waals surface area contributed by atoms with Crippen molar-refractivity contribution in [2.45, 2.75) is 12.8 Å². The van der Waals surface area contributed by atoms with E-state index in [2.05, 4.69) is 17.0 Å². The zero-order valence-electron chi connectivity index (χ0n) is 8.20. The largest absolute Gasteiger partial charge is 0.378 e. The molecule has 1 heterocycles. The van der Waals surface area contributed by atoms with Gasteiger partial charge < -0.3 is 9.64 Å². The molecule has 0 radical (unpaired) electrons. The van der Waals surface area contributed by atoms with Crippen molar-refractivity contribution < 1.29 is 4.74 Å². The molecule has 0 N–H and O–H groups in total. The van der Waals surface area contributed by atoms with Crippen LogP contribution in [0.4, 0.5) is 0 Å². The highest BCUT2D eigenvalue weighted by Gasteiger charge is 2.15.